The summed E-state index contributed by atoms with van der Waals surface area (Å²) in [5.74, 6) is -2.92. The number of rotatable bonds is 6. The van der Waals surface area contributed by atoms with Crippen LogP contribution in [0.5, 0.6) is 0 Å². The fourth-order valence-electron chi connectivity index (χ4n) is 1.43. The molecule has 1 aromatic rings. The van der Waals surface area contributed by atoms with E-state index in [-0.39, 0.29) is 12.8 Å². The van der Waals surface area contributed by atoms with E-state index in [4.69, 9.17) is 10.2 Å². The fourth-order valence-corrected chi connectivity index (χ4v) is 2.37. The molecule has 8 heteroatoms. The normalized spacial score (nSPS) is 11.7. The summed E-state index contributed by atoms with van der Waals surface area (Å²) in [7, 11) is 0. The van der Waals surface area contributed by atoms with Crippen LogP contribution in [0.15, 0.2) is 22.7 Å². The fraction of sp³-hybridized carbons (Fsp3) is 0.250. The van der Waals surface area contributed by atoms with E-state index in [2.05, 4.69) is 21.2 Å². The molecule has 0 aliphatic heterocycles. The molecule has 0 radical (unpaired) electrons. The van der Waals surface area contributed by atoms with Gasteiger partial charge in [-0.1, -0.05) is 15.9 Å². The molecule has 20 heavy (non-hydrogen) atoms. The van der Waals surface area contributed by atoms with E-state index >= 15 is 0 Å². The predicted octanol–water partition coefficient (Wildman–Crippen LogP) is 2.10. The van der Waals surface area contributed by atoms with Crippen LogP contribution in [0.1, 0.15) is 23.2 Å². The van der Waals surface area contributed by atoms with Crippen LogP contribution in [-0.2, 0) is 9.59 Å². The lowest BCUT2D eigenvalue weighted by molar-refractivity contribution is -0.140. The van der Waals surface area contributed by atoms with Crippen molar-refractivity contribution >= 4 is 56.4 Å². The highest BCUT2D eigenvalue weighted by Gasteiger charge is 2.22. The second-order valence-corrected chi connectivity index (χ2v) is 6.00. The summed E-state index contributed by atoms with van der Waals surface area (Å²) in [6, 6.07) is 3.82. The average molecular weight is 456 g/mol. The maximum atomic E-state index is 12.0. The van der Waals surface area contributed by atoms with Crippen molar-refractivity contribution in [2.45, 2.75) is 18.9 Å². The molecule has 1 aromatic carbocycles. The van der Waals surface area contributed by atoms with Crippen LogP contribution in [-0.4, -0.2) is 34.1 Å². The van der Waals surface area contributed by atoms with E-state index in [1.807, 2.05) is 22.6 Å². The van der Waals surface area contributed by atoms with E-state index in [0.29, 0.717) is 13.6 Å². The van der Waals surface area contributed by atoms with Crippen molar-refractivity contribution < 1.29 is 24.6 Å². The Hall–Kier alpha value is -1.16. The number of benzene rings is 1. The van der Waals surface area contributed by atoms with Gasteiger partial charge in [0.05, 0.1) is 5.56 Å². The first-order valence-corrected chi connectivity index (χ1v) is 7.39. The van der Waals surface area contributed by atoms with Crippen LogP contribution in [0.25, 0.3) is 0 Å². The van der Waals surface area contributed by atoms with Crippen molar-refractivity contribution in [3.63, 3.8) is 0 Å². The smallest absolute Gasteiger partial charge is 0.326 e. The molecule has 0 heterocycles. The van der Waals surface area contributed by atoms with Gasteiger partial charge in [-0.05, 0) is 47.2 Å². The number of carboxylic acids is 2. The molecule has 0 bridgehead atoms. The Morgan fingerprint density at radius 3 is 2.50 bits per heavy atom. The van der Waals surface area contributed by atoms with Gasteiger partial charge in [0.15, 0.2) is 0 Å². The molecule has 0 saturated carbocycles. The van der Waals surface area contributed by atoms with Gasteiger partial charge in [0.25, 0.3) is 5.91 Å². The molecule has 0 aliphatic carbocycles. The van der Waals surface area contributed by atoms with Crippen molar-refractivity contribution in [1.82, 2.24) is 5.32 Å². The first-order valence-electron chi connectivity index (χ1n) is 5.51. The van der Waals surface area contributed by atoms with Crippen LogP contribution in [0, 0.1) is 3.57 Å². The van der Waals surface area contributed by atoms with Gasteiger partial charge < -0.3 is 15.5 Å². The van der Waals surface area contributed by atoms with Crippen LogP contribution >= 0.6 is 38.5 Å². The van der Waals surface area contributed by atoms with Gasteiger partial charge in [0, 0.05) is 14.5 Å². The number of aliphatic carboxylic acids is 2. The van der Waals surface area contributed by atoms with Crippen molar-refractivity contribution in [2.75, 3.05) is 0 Å². The van der Waals surface area contributed by atoms with Crippen molar-refractivity contribution in [3.8, 4) is 0 Å². The zero-order valence-electron chi connectivity index (χ0n) is 10.1. The maximum absolute atomic E-state index is 12.0. The molecule has 0 fully saturated rings. The van der Waals surface area contributed by atoms with Gasteiger partial charge in [-0.15, -0.1) is 0 Å². The van der Waals surface area contributed by atoms with Crippen LogP contribution in [0.4, 0.5) is 0 Å². The first-order chi connectivity index (χ1) is 9.31. The number of hydrogen-bond donors (Lipinski definition) is 3. The highest BCUT2D eigenvalue weighted by molar-refractivity contribution is 14.1. The third kappa shape index (κ3) is 5.08. The number of halogens is 2. The average Bonchev–Trinajstić information content (AvgIpc) is 2.36. The number of hydrogen-bond acceptors (Lipinski definition) is 3. The van der Waals surface area contributed by atoms with Gasteiger partial charge in [-0.2, -0.15) is 0 Å². The van der Waals surface area contributed by atoms with E-state index < -0.39 is 23.9 Å². The lowest BCUT2D eigenvalue weighted by Crippen LogP contribution is -2.41. The van der Waals surface area contributed by atoms with Gasteiger partial charge in [0.1, 0.15) is 6.04 Å². The largest absolute Gasteiger partial charge is 0.481 e. The lowest BCUT2D eigenvalue weighted by Gasteiger charge is -2.14. The second-order valence-electron chi connectivity index (χ2n) is 3.92. The summed E-state index contributed by atoms with van der Waals surface area (Å²) in [5, 5.41) is 19.9. The molecular formula is C12H11BrINO5. The minimum Gasteiger partial charge on any atom is -0.481 e. The minimum absolute atomic E-state index is 0.166. The zero-order valence-corrected chi connectivity index (χ0v) is 13.8. The third-order valence-corrected chi connectivity index (χ3v) is 3.86. The topological polar surface area (TPSA) is 104 Å². The molecule has 1 amide bonds. The molecule has 1 rings (SSSR count). The van der Waals surface area contributed by atoms with Crippen LogP contribution in [0.3, 0.4) is 0 Å². The maximum Gasteiger partial charge on any atom is 0.326 e. The Kier molecular flexibility index (Phi) is 6.40. The second kappa shape index (κ2) is 7.58. The highest BCUT2D eigenvalue weighted by Crippen LogP contribution is 2.18. The minimum atomic E-state index is -1.26. The van der Waals surface area contributed by atoms with Gasteiger partial charge in [-0.3, -0.25) is 9.59 Å². The summed E-state index contributed by atoms with van der Waals surface area (Å²) < 4.78 is 1.37. The number of amides is 1. The Balaban J connectivity index is 2.82. The molecule has 0 saturated heterocycles. The molecule has 1 atom stereocenters. The summed E-state index contributed by atoms with van der Waals surface area (Å²) in [6.45, 7) is 0. The van der Waals surface area contributed by atoms with Gasteiger partial charge in [0.2, 0.25) is 0 Å². The zero-order chi connectivity index (χ0) is 15.3. The number of carbonyl (C=O) groups is 3. The number of nitrogens with one attached hydrogen (secondary N) is 1. The Labute approximate surface area is 136 Å². The van der Waals surface area contributed by atoms with E-state index in [9.17, 15) is 14.4 Å². The van der Waals surface area contributed by atoms with Gasteiger partial charge in [-0.25, -0.2) is 4.79 Å². The summed E-state index contributed by atoms with van der Waals surface area (Å²) >= 11 is 5.20. The Bertz CT molecular complexity index is 549. The monoisotopic (exact) mass is 455 g/mol. The molecule has 0 spiro atoms. The number of carboxylic acid groups (broad SMARTS) is 2. The van der Waals surface area contributed by atoms with Crippen LogP contribution < -0.4 is 5.32 Å². The van der Waals surface area contributed by atoms with Crippen molar-refractivity contribution in [3.05, 3.63) is 31.8 Å². The molecule has 0 aliphatic rings. The molecular weight excluding hydrogens is 445 g/mol. The number of carbonyl (C=O) groups excluding carboxylic acids is 1. The van der Waals surface area contributed by atoms with Crippen molar-refractivity contribution in [1.29, 1.82) is 0 Å². The molecule has 3 N–H and O–H groups in total. The predicted molar refractivity (Wildman–Crippen MR) is 82.6 cm³/mol. The third-order valence-electron chi connectivity index (χ3n) is 2.42. The molecule has 108 valence electrons. The Morgan fingerprint density at radius 1 is 1.30 bits per heavy atom. The summed E-state index contributed by atoms with van der Waals surface area (Å²) in [4.78, 5) is 33.5. The Morgan fingerprint density at radius 2 is 1.95 bits per heavy atom. The summed E-state index contributed by atoms with van der Waals surface area (Å²) in [5.41, 5.74) is 0.335. The van der Waals surface area contributed by atoms with E-state index in [0.717, 1.165) is 0 Å². The van der Waals surface area contributed by atoms with Gasteiger partial charge >= 0.3 is 11.9 Å². The molecule has 1 unspecified atom stereocenters. The SMILES string of the molecule is O=C(O)CCC(NC(=O)c1cc(Br)ccc1I)C(=O)O. The van der Waals surface area contributed by atoms with E-state index in [1.54, 1.807) is 18.2 Å². The lowest BCUT2D eigenvalue weighted by atomic mass is 10.1. The standard InChI is InChI=1S/C12H11BrINO5/c13-6-1-2-8(14)7(5-6)11(18)15-9(12(19)20)3-4-10(16)17/h1-2,5,9H,3-4H2,(H,15,18)(H,16,17)(H,19,20). The van der Waals surface area contributed by atoms with Crippen LogP contribution in [0.2, 0.25) is 0 Å². The van der Waals surface area contributed by atoms with Crippen molar-refractivity contribution in [2.24, 2.45) is 0 Å². The molecule has 0 aromatic heterocycles. The van der Waals surface area contributed by atoms with E-state index in [1.165, 1.54) is 0 Å². The molecule has 6 nitrogen and oxygen atoms in total. The summed E-state index contributed by atoms with van der Waals surface area (Å²) in [6.07, 6.45) is -0.492. The first kappa shape index (κ1) is 16.9. The quantitative estimate of drug-likeness (QED) is 0.570. The highest BCUT2D eigenvalue weighted by atomic mass is 127.